The minimum atomic E-state index is -0.256. The molecule has 0 saturated heterocycles. The van der Waals surface area contributed by atoms with E-state index in [0.717, 1.165) is 46.6 Å². The van der Waals surface area contributed by atoms with Gasteiger partial charge in [-0.1, -0.05) is 44.2 Å². The Hall–Kier alpha value is -4.06. The standard InChI is InChI=1S/C31H32N4O2/c1-5-34(24-12-10-22(11-13-24)17-26-29(36)18-31(3,4)19-30(26)37)20-23-14-21(2)15-25(16-23)35-32-27-8-6-7-9-28(27)33-35/h6-17H,5,18-20H2,1-4H3. The third-order valence-corrected chi connectivity index (χ3v) is 6.84. The second kappa shape index (κ2) is 9.77. The molecule has 37 heavy (non-hydrogen) atoms. The number of aryl methyl sites for hydroxylation is 1. The SMILES string of the molecule is CCN(Cc1cc(C)cc(-n2nc3ccccc3n2)c1)c1ccc(C=C2C(=O)CC(C)(C)CC2=O)cc1. The topological polar surface area (TPSA) is 68.1 Å². The highest BCUT2D eigenvalue weighted by molar-refractivity contribution is 6.25. The van der Waals surface area contributed by atoms with Crippen molar-refractivity contribution in [1.82, 2.24) is 15.0 Å². The summed E-state index contributed by atoms with van der Waals surface area (Å²) in [7, 11) is 0. The molecular weight excluding hydrogens is 460 g/mol. The van der Waals surface area contributed by atoms with E-state index in [-0.39, 0.29) is 17.0 Å². The number of anilines is 1. The van der Waals surface area contributed by atoms with E-state index in [1.54, 1.807) is 10.9 Å². The van der Waals surface area contributed by atoms with Crippen molar-refractivity contribution in [3.8, 4) is 5.69 Å². The highest BCUT2D eigenvalue weighted by atomic mass is 16.1. The zero-order chi connectivity index (χ0) is 26.2. The van der Waals surface area contributed by atoms with Gasteiger partial charge in [0, 0.05) is 31.6 Å². The van der Waals surface area contributed by atoms with Crippen LogP contribution in [0.25, 0.3) is 22.8 Å². The summed E-state index contributed by atoms with van der Waals surface area (Å²) in [6.07, 6.45) is 2.57. The molecule has 0 unspecified atom stereocenters. The molecule has 6 heteroatoms. The molecule has 0 amide bonds. The largest absolute Gasteiger partial charge is 0.367 e. The molecule has 1 heterocycles. The van der Waals surface area contributed by atoms with Crippen LogP contribution >= 0.6 is 0 Å². The number of fused-ring (bicyclic) bond motifs is 1. The number of benzene rings is 3. The first-order valence-electron chi connectivity index (χ1n) is 12.8. The number of allylic oxidation sites excluding steroid dienone is 1. The van der Waals surface area contributed by atoms with Gasteiger partial charge in [-0.3, -0.25) is 9.59 Å². The van der Waals surface area contributed by atoms with Gasteiger partial charge in [-0.05, 0) is 78.4 Å². The van der Waals surface area contributed by atoms with Crippen LogP contribution in [0.5, 0.6) is 0 Å². The summed E-state index contributed by atoms with van der Waals surface area (Å²) in [5.74, 6) is -0.120. The van der Waals surface area contributed by atoms with Gasteiger partial charge >= 0.3 is 0 Å². The fourth-order valence-electron chi connectivity index (χ4n) is 5.02. The molecule has 3 aromatic carbocycles. The lowest BCUT2D eigenvalue weighted by molar-refractivity contribution is -0.127. The predicted octanol–water partition coefficient (Wildman–Crippen LogP) is 6.10. The van der Waals surface area contributed by atoms with Crippen LogP contribution in [0, 0.1) is 12.3 Å². The fourth-order valence-corrected chi connectivity index (χ4v) is 5.02. The van der Waals surface area contributed by atoms with Crippen LogP contribution in [-0.2, 0) is 16.1 Å². The molecule has 1 aliphatic rings. The maximum Gasteiger partial charge on any atom is 0.167 e. The lowest BCUT2D eigenvalue weighted by atomic mass is 9.74. The maximum atomic E-state index is 12.5. The number of hydrogen-bond acceptors (Lipinski definition) is 5. The number of aromatic nitrogens is 3. The summed E-state index contributed by atoms with van der Waals surface area (Å²) >= 11 is 0. The van der Waals surface area contributed by atoms with Crippen LogP contribution in [-0.4, -0.2) is 33.1 Å². The number of carbonyl (C=O) groups excluding carboxylic acids is 2. The zero-order valence-electron chi connectivity index (χ0n) is 21.9. The Morgan fingerprint density at radius 2 is 1.54 bits per heavy atom. The second-order valence-electron chi connectivity index (χ2n) is 10.7. The van der Waals surface area contributed by atoms with E-state index in [9.17, 15) is 9.59 Å². The van der Waals surface area contributed by atoms with Gasteiger partial charge < -0.3 is 4.90 Å². The summed E-state index contributed by atoms with van der Waals surface area (Å²) in [5, 5.41) is 9.27. The van der Waals surface area contributed by atoms with Crippen LogP contribution in [0.15, 0.2) is 72.3 Å². The number of hydrogen-bond donors (Lipinski definition) is 0. The number of Topliss-reactive ketones (excluding diaryl/α,β-unsaturated/α-hetero) is 2. The lowest BCUT2D eigenvalue weighted by Crippen LogP contribution is -2.31. The summed E-state index contributed by atoms with van der Waals surface area (Å²) in [4.78, 5) is 29.1. The van der Waals surface area contributed by atoms with Crippen LogP contribution < -0.4 is 4.90 Å². The van der Waals surface area contributed by atoms with E-state index < -0.39 is 0 Å². The normalized spacial score (nSPS) is 15.3. The van der Waals surface area contributed by atoms with Gasteiger partial charge in [0.15, 0.2) is 11.6 Å². The molecular formula is C31H32N4O2. The van der Waals surface area contributed by atoms with Gasteiger partial charge in [0.25, 0.3) is 0 Å². The molecule has 5 rings (SSSR count). The van der Waals surface area contributed by atoms with Gasteiger partial charge in [-0.15, -0.1) is 10.2 Å². The predicted molar refractivity (Wildman–Crippen MR) is 148 cm³/mol. The molecule has 0 bridgehead atoms. The third-order valence-electron chi connectivity index (χ3n) is 6.84. The molecule has 1 saturated carbocycles. The van der Waals surface area contributed by atoms with E-state index in [0.29, 0.717) is 18.4 Å². The first-order valence-corrected chi connectivity index (χ1v) is 12.8. The molecule has 188 valence electrons. The molecule has 6 nitrogen and oxygen atoms in total. The smallest absolute Gasteiger partial charge is 0.167 e. The van der Waals surface area contributed by atoms with Crippen molar-refractivity contribution in [1.29, 1.82) is 0 Å². The summed E-state index contributed by atoms with van der Waals surface area (Å²) in [5.41, 5.74) is 7.02. The summed E-state index contributed by atoms with van der Waals surface area (Å²) < 4.78 is 0. The van der Waals surface area contributed by atoms with Crippen molar-refractivity contribution < 1.29 is 9.59 Å². The van der Waals surface area contributed by atoms with E-state index >= 15 is 0 Å². The quantitative estimate of drug-likeness (QED) is 0.240. The van der Waals surface area contributed by atoms with E-state index in [4.69, 9.17) is 0 Å². The van der Waals surface area contributed by atoms with Crippen LogP contribution in [0.3, 0.4) is 0 Å². The monoisotopic (exact) mass is 492 g/mol. The van der Waals surface area contributed by atoms with Crippen LogP contribution in [0.4, 0.5) is 5.69 Å². The molecule has 1 aliphatic carbocycles. The molecule has 0 radical (unpaired) electrons. The van der Waals surface area contributed by atoms with Crippen LogP contribution in [0.1, 0.15) is 50.3 Å². The van der Waals surface area contributed by atoms with E-state index in [2.05, 4.69) is 59.3 Å². The first-order chi connectivity index (χ1) is 17.7. The number of ketones is 2. The van der Waals surface area contributed by atoms with Crippen molar-refractivity contribution in [2.45, 2.75) is 47.1 Å². The zero-order valence-corrected chi connectivity index (χ0v) is 21.9. The highest BCUT2D eigenvalue weighted by Crippen LogP contribution is 2.34. The van der Waals surface area contributed by atoms with Crippen LogP contribution in [0.2, 0.25) is 0 Å². The third kappa shape index (κ3) is 5.38. The summed E-state index contributed by atoms with van der Waals surface area (Å²) in [6.45, 7) is 9.73. The Kier molecular flexibility index (Phi) is 6.50. The van der Waals surface area contributed by atoms with Gasteiger partial charge in [0.05, 0.1) is 11.3 Å². The van der Waals surface area contributed by atoms with Gasteiger partial charge in [-0.2, -0.15) is 4.80 Å². The number of carbonyl (C=O) groups is 2. The van der Waals surface area contributed by atoms with E-state index in [1.807, 2.05) is 50.2 Å². The molecule has 1 fully saturated rings. The summed E-state index contributed by atoms with van der Waals surface area (Å²) in [6, 6.07) is 22.3. The second-order valence-corrected chi connectivity index (χ2v) is 10.7. The Morgan fingerprint density at radius 1 is 0.919 bits per heavy atom. The van der Waals surface area contributed by atoms with Gasteiger partial charge in [-0.25, -0.2) is 0 Å². The fraction of sp³-hybridized carbons (Fsp3) is 0.290. The molecule has 0 N–H and O–H groups in total. The molecule has 4 aromatic rings. The van der Waals surface area contributed by atoms with Crippen molar-refractivity contribution in [3.63, 3.8) is 0 Å². The van der Waals surface area contributed by atoms with Crippen molar-refractivity contribution in [3.05, 3.63) is 89.0 Å². The van der Waals surface area contributed by atoms with Crippen molar-refractivity contribution in [2.75, 3.05) is 11.4 Å². The Balaban J connectivity index is 1.36. The minimum absolute atomic E-state index is 0.0599. The Bertz CT molecular complexity index is 1460. The molecule has 0 aliphatic heterocycles. The average molecular weight is 493 g/mol. The Morgan fingerprint density at radius 3 is 2.14 bits per heavy atom. The maximum absolute atomic E-state index is 12.5. The molecule has 1 aromatic heterocycles. The molecule has 0 atom stereocenters. The average Bonchev–Trinajstić information content (AvgIpc) is 3.29. The molecule has 0 spiro atoms. The number of nitrogens with zero attached hydrogens (tertiary/aromatic N) is 4. The van der Waals surface area contributed by atoms with Gasteiger partial charge in [0.1, 0.15) is 11.0 Å². The van der Waals surface area contributed by atoms with E-state index in [1.165, 1.54) is 5.56 Å². The first kappa shape index (κ1) is 24.6. The lowest BCUT2D eigenvalue weighted by Gasteiger charge is -2.28. The highest BCUT2D eigenvalue weighted by Gasteiger charge is 2.35. The van der Waals surface area contributed by atoms with Gasteiger partial charge in [0.2, 0.25) is 0 Å². The number of rotatable bonds is 6. The van der Waals surface area contributed by atoms with Crippen molar-refractivity contribution in [2.24, 2.45) is 5.41 Å². The Labute approximate surface area is 217 Å². The van der Waals surface area contributed by atoms with Crippen molar-refractivity contribution >= 4 is 34.4 Å². The minimum Gasteiger partial charge on any atom is -0.367 e.